The molecule has 2 heterocycles. The average molecular weight is 270 g/mol. The van der Waals surface area contributed by atoms with Gasteiger partial charge in [-0.2, -0.15) is 0 Å². The summed E-state index contributed by atoms with van der Waals surface area (Å²) in [6.45, 7) is 8.53. The summed E-state index contributed by atoms with van der Waals surface area (Å²) in [6, 6.07) is 12.8. The van der Waals surface area contributed by atoms with Crippen molar-refractivity contribution in [2.75, 3.05) is 5.43 Å². The van der Waals surface area contributed by atoms with E-state index in [1.807, 2.05) is 6.07 Å². The van der Waals surface area contributed by atoms with Gasteiger partial charge in [0.05, 0.1) is 6.04 Å². The zero-order valence-electron chi connectivity index (χ0n) is 12.6. The topological polar surface area (TPSA) is 26.2 Å². The fraction of sp³-hybridized carbons (Fsp3) is 0.412. The lowest BCUT2D eigenvalue weighted by atomic mass is 9.90. The number of hydrogen-bond donors (Lipinski definition) is 1. The summed E-state index contributed by atoms with van der Waals surface area (Å²) in [5, 5.41) is 0. The molecule has 0 radical (unpaired) electrons. The summed E-state index contributed by atoms with van der Waals surface area (Å²) in [5.41, 5.74) is 7.18. The van der Waals surface area contributed by atoms with E-state index in [0.717, 1.165) is 12.2 Å². The SMILES string of the molecule is Cc1ccc(C)n1NC1CC(C)(C)Oc2ccccc21. The predicted octanol–water partition coefficient (Wildman–Crippen LogP) is 3.95. The second-order valence-corrected chi connectivity index (χ2v) is 6.24. The summed E-state index contributed by atoms with van der Waals surface area (Å²) in [6.07, 6.45) is 0.946. The number of nitrogens with one attached hydrogen (secondary N) is 1. The van der Waals surface area contributed by atoms with Gasteiger partial charge >= 0.3 is 0 Å². The van der Waals surface area contributed by atoms with Gasteiger partial charge in [-0.25, -0.2) is 0 Å². The first-order valence-electron chi connectivity index (χ1n) is 7.16. The van der Waals surface area contributed by atoms with Crippen molar-refractivity contribution in [3.63, 3.8) is 0 Å². The van der Waals surface area contributed by atoms with Crippen molar-refractivity contribution in [3.05, 3.63) is 53.3 Å². The van der Waals surface area contributed by atoms with Gasteiger partial charge in [0, 0.05) is 23.4 Å². The van der Waals surface area contributed by atoms with Crippen LogP contribution in [0, 0.1) is 13.8 Å². The maximum absolute atomic E-state index is 6.08. The Morgan fingerprint density at radius 3 is 2.45 bits per heavy atom. The number of aryl methyl sites for hydroxylation is 2. The van der Waals surface area contributed by atoms with Gasteiger partial charge in [-0.15, -0.1) is 0 Å². The molecule has 1 aromatic heterocycles. The monoisotopic (exact) mass is 270 g/mol. The predicted molar refractivity (Wildman–Crippen MR) is 81.8 cm³/mol. The third kappa shape index (κ3) is 2.28. The van der Waals surface area contributed by atoms with E-state index >= 15 is 0 Å². The number of hydrogen-bond acceptors (Lipinski definition) is 2. The Balaban J connectivity index is 1.97. The highest BCUT2D eigenvalue weighted by Crippen LogP contribution is 2.39. The lowest BCUT2D eigenvalue weighted by molar-refractivity contribution is 0.0739. The van der Waals surface area contributed by atoms with Crippen LogP contribution < -0.4 is 10.2 Å². The zero-order valence-corrected chi connectivity index (χ0v) is 12.6. The summed E-state index contributed by atoms with van der Waals surface area (Å²) in [7, 11) is 0. The average Bonchev–Trinajstić information content (AvgIpc) is 2.69. The number of nitrogens with zero attached hydrogens (tertiary/aromatic N) is 1. The second-order valence-electron chi connectivity index (χ2n) is 6.24. The van der Waals surface area contributed by atoms with Crippen LogP contribution in [0.1, 0.15) is 43.3 Å². The van der Waals surface area contributed by atoms with E-state index in [1.165, 1.54) is 17.0 Å². The van der Waals surface area contributed by atoms with E-state index in [-0.39, 0.29) is 11.6 Å². The van der Waals surface area contributed by atoms with Gasteiger partial charge in [-0.05, 0) is 45.9 Å². The summed E-state index contributed by atoms with van der Waals surface area (Å²) < 4.78 is 8.25. The minimum Gasteiger partial charge on any atom is -0.487 e. The Bertz CT molecular complexity index is 608. The van der Waals surface area contributed by atoms with E-state index in [1.54, 1.807) is 0 Å². The van der Waals surface area contributed by atoms with Crippen molar-refractivity contribution in [1.29, 1.82) is 0 Å². The lowest BCUT2D eigenvalue weighted by Crippen LogP contribution is -2.39. The quantitative estimate of drug-likeness (QED) is 0.894. The molecule has 1 atom stereocenters. The van der Waals surface area contributed by atoms with E-state index in [0.29, 0.717) is 0 Å². The summed E-state index contributed by atoms with van der Waals surface area (Å²) >= 11 is 0. The minimum absolute atomic E-state index is 0.152. The van der Waals surface area contributed by atoms with Crippen LogP contribution in [0.3, 0.4) is 0 Å². The van der Waals surface area contributed by atoms with Crippen LogP contribution in [0.2, 0.25) is 0 Å². The fourth-order valence-corrected chi connectivity index (χ4v) is 2.95. The van der Waals surface area contributed by atoms with Crippen molar-refractivity contribution < 1.29 is 4.74 Å². The molecular weight excluding hydrogens is 248 g/mol. The molecule has 0 amide bonds. The number of fused-ring (bicyclic) bond motifs is 1. The highest BCUT2D eigenvalue weighted by molar-refractivity contribution is 5.40. The van der Waals surface area contributed by atoms with E-state index in [2.05, 4.69) is 68.1 Å². The normalized spacial score (nSPS) is 20.1. The maximum Gasteiger partial charge on any atom is 0.125 e. The van der Waals surface area contributed by atoms with Crippen molar-refractivity contribution in [3.8, 4) is 5.75 Å². The van der Waals surface area contributed by atoms with Gasteiger partial charge in [-0.3, -0.25) is 4.68 Å². The van der Waals surface area contributed by atoms with Crippen LogP contribution in [0.5, 0.6) is 5.75 Å². The number of benzene rings is 1. The van der Waals surface area contributed by atoms with Crippen LogP contribution in [0.25, 0.3) is 0 Å². The Hall–Kier alpha value is -1.90. The van der Waals surface area contributed by atoms with Crippen molar-refractivity contribution in [2.24, 2.45) is 0 Å². The maximum atomic E-state index is 6.08. The van der Waals surface area contributed by atoms with Gasteiger partial charge in [-0.1, -0.05) is 18.2 Å². The smallest absolute Gasteiger partial charge is 0.125 e. The van der Waals surface area contributed by atoms with Crippen LogP contribution >= 0.6 is 0 Å². The highest BCUT2D eigenvalue weighted by Gasteiger charge is 2.33. The van der Waals surface area contributed by atoms with Crippen LogP contribution in [0.4, 0.5) is 0 Å². The summed E-state index contributed by atoms with van der Waals surface area (Å²) in [4.78, 5) is 0. The fourth-order valence-electron chi connectivity index (χ4n) is 2.95. The molecule has 0 bridgehead atoms. The molecule has 2 aromatic rings. The molecule has 0 aliphatic carbocycles. The van der Waals surface area contributed by atoms with Crippen LogP contribution in [0.15, 0.2) is 36.4 Å². The third-order valence-corrected chi connectivity index (χ3v) is 3.93. The first-order chi connectivity index (χ1) is 9.46. The van der Waals surface area contributed by atoms with Crippen LogP contribution in [-0.2, 0) is 0 Å². The van der Waals surface area contributed by atoms with Gasteiger partial charge in [0.15, 0.2) is 0 Å². The van der Waals surface area contributed by atoms with Gasteiger partial charge in [0.1, 0.15) is 11.4 Å². The molecule has 1 aliphatic rings. The van der Waals surface area contributed by atoms with Gasteiger partial charge in [0.25, 0.3) is 0 Å². The molecule has 0 saturated heterocycles. The molecule has 1 aliphatic heterocycles. The Morgan fingerprint density at radius 1 is 1.10 bits per heavy atom. The second kappa shape index (κ2) is 4.58. The first-order valence-corrected chi connectivity index (χ1v) is 7.16. The third-order valence-electron chi connectivity index (χ3n) is 3.93. The van der Waals surface area contributed by atoms with E-state index < -0.39 is 0 Å². The largest absolute Gasteiger partial charge is 0.487 e. The molecule has 3 heteroatoms. The molecule has 0 saturated carbocycles. The Labute approximate surface area is 120 Å². The highest BCUT2D eigenvalue weighted by atomic mass is 16.5. The molecule has 0 spiro atoms. The molecule has 20 heavy (non-hydrogen) atoms. The molecule has 0 fully saturated rings. The molecule has 1 unspecified atom stereocenters. The number of rotatable bonds is 2. The number of ether oxygens (including phenoxy) is 1. The van der Waals surface area contributed by atoms with E-state index in [9.17, 15) is 0 Å². The lowest BCUT2D eigenvalue weighted by Gasteiger charge is -2.38. The summed E-state index contributed by atoms with van der Waals surface area (Å²) in [5.74, 6) is 0.990. The van der Waals surface area contributed by atoms with Crippen molar-refractivity contribution in [2.45, 2.75) is 45.8 Å². The minimum atomic E-state index is -0.152. The Kier molecular flexibility index (Phi) is 3.00. The van der Waals surface area contributed by atoms with Gasteiger partial charge in [0.2, 0.25) is 0 Å². The molecule has 1 aromatic carbocycles. The molecule has 106 valence electrons. The number of aromatic nitrogens is 1. The van der Waals surface area contributed by atoms with Gasteiger partial charge < -0.3 is 10.2 Å². The zero-order chi connectivity index (χ0) is 14.3. The standard InChI is InChI=1S/C17H22N2O/c1-12-9-10-13(2)19(12)18-15-11-17(3,4)20-16-8-6-5-7-14(15)16/h5-10,15,18H,11H2,1-4H3. The van der Waals surface area contributed by atoms with E-state index in [4.69, 9.17) is 4.74 Å². The van der Waals surface area contributed by atoms with Crippen LogP contribution in [-0.4, -0.2) is 10.3 Å². The Morgan fingerprint density at radius 2 is 1.75 bits per heavy atom. The first kappa shape index (κ1) is 13.1. The molecule has 1 N–H and O–H groups in total. The van der Waals surface area contributed by atoms with Crippen molar-refractivity contribution in [1.82, 2.24) is 4.68 Å². The number of para-hydroxylation sites is 1. The molecule has 3 rings (SSSR count). The molecule has 3 nitrogen and oxygen atoms in total. The molecular formula is C17H22N2O. The van der Waals surface area contributed by atoms with Crippen molar-refractivity contribution >= 4 is 0 Å².